The fourth-order valence-corrected chi connectivity index (χ4v) is 3.48. The van der Waals surface area contributed by atoms with Gasteiger partial charge in [0.05, 0.1) is 11.0 Å². The Bertz CT molecular complexity index is 1460. The number of rotatable bonds is 0. The fraction of sp³-hybridized carbons (Fsp3) is 0.200. The quantitative estimate of drug-likeness (QED) is 0.374. The molecule has 0 aliphatic heterocycles. The van der Waals surface area contributed by atoms with Crippen LogP contribution < -0.4 is 0 Å². The van der Waals surface area contributed by atoms with E-state index in [2.05, 4.69) is 0 Å². The average Bonchev–Trinajstić information content (AvgIpc) is 2.75. The van der Waals surface area contributed by atoms with Gasteiger partial charge >= 0.3 is 0 Å². The summed E-state index contributed by atoms with van der Waals surface area (Å²) in [5.74, 6) is 0. The summed E-state index contributed by atoms with van der Waals surface area (Å²) in [6, 6.07) is -4.20. The highest BCUT2D eigenvalue weighted by Gasteiger charge is 2.41. The van der Waals surface area contributed by atoms with Crippen LogP contribution in [0.1, 0.15) is 34.3 Å². The Balaban J connectivity index is 2.24. The molecule has 0 bridgehead atoms. The minimum absolute atomic E-state index is 0.0263. The molecule has 4 nitrogen and oxygen atoms in total. The van der Waals surface area contributed by atoms with Crippen molar-refractivity contribution in [1.29, 1.82) is 0 Å². The lowest BCUT2D eigenvalue weighted by Gasteiger charge is -2.35. The Morgan fingerprint density at radius 1 is 0.708 bits per heavy atom. The van der Waals surface area contributed by atoms with Gasteiger partial charge in [-0.25, -0.2) is 0 Å². The van der Waals surface area contributed by atoms with E-state index < -0.39 is 72.8 Å². The zero-order valence-corrected chi connectivity index (χ0v) is 12.1. The number of hydrogen-bond acceptors (Lipinski definition) is 4. The third-order valence-electron chi connectivity index (χ3n) is 4.66. The van der Waals surface area contributed by atoms with Crippen molar-refractivity contribution in [3.63, 3.8) is 0 Å². The van der Waals surface area contributed by atoms with Crippen LogP contribution in [0.4, 0.5) is 0 Å². The molecule has 0 saturated heterocycles. The standard InChI is InChI=1S/C20H16O4/c21-17-13-8-11-5-4-9-2-1-3-10-6-7-12(15(11)14(9)10)16(13)18(22)20(24)19(17)23/h1-8,17-24H/t17-,18+,19+,20-/m1/s1/i1D,2D,3D,4D,5D,6D,7D,8D. The van der Waals surface area contributed by atoms with E-state index >= 15 is 0 Å². The van der Waals surface area contributed by atoms with Crippen molar-refractivity contribution in [1.82, 2.24) is 0 Å². The summed E-state index contributed by atoms with van der Waals surface area (Å²) in [7, 11) is 0. The van der Waals surface area contributed by atoms with Crippen LogP contribution in [0, 0.1) is 0 Å². The third-order valence-corrected chi connectivity index (χ3v) is 4.66. The highest BCUT2D eigenvalue weighted by atomic mass is 16.4. The molecule has 4 aromatic rings. The number of aliphatic hydroxyl groups excluding tert-OH is 4. The molecule has 0 spiro atoms. The summed E-state index contributed by atoms with van der Waals surface area (Å²) in [5, 5.41) is 40.9. The van der Waals surface area contributed by atoms with Gasteiger partial charge in [-0.05, 0) is 49.5 Å². The van der Waals surface area contributed by atoms with Gasteiger partial charge in [0.15, 0.2) is 0 Å². The van der Waals surface area contributed by atoms with Crippen molar-refractivity contribution < 1.29 is 31.4 Å². The van der Waals surface area contributed by atoms with E-state index in [1.807, 2.05) is 0 Å². The molecule has 5 rings (SSSR count). The van der Waals surface area contributed by atoms with E-state index in [1.54, 1.807) is 0 Å². The second-order valence-corrected chi connectivity index (χ2v) is 5.95. The second kappa shape index (κ2) is 4.65. The van der Waals surface area contributed by atoms with Crippen molar-refractivity contribution in [2.24, 2.45) is 0 Å². The lowest BCUT2D eigenvalue weighted by Crippen LogP contribution is -2.41. The summed E-state index contributed by atoms with van der Waals surface area (Å²) in [6.07, 6.45) is -7.37. The molecule has 0 radical (unpaired) electrons. The number of aliphatic hydroxyl groups is 4. The number of hydrogen-bond donors (Lipinski definition) is 4. The largest absolute Gasteiger partial charge is 0.387 e. The summed E-state index contributed by atoms with van der Waals surface area (Å²) in [5.41, 5.74) is -0.569. The maximum absolute atomic E-state index is 10.7. The van der Waals surface area contributed by atoms with Crippen molar-refractivity contribution in [2.75, 3.05) is 0 Å². The predicted molar refractivity (Wildman–Crippen MR) is 92.1 cm³/mol. The van der Waals surface area contributed by atoms with E-state index in [0.29, 0.717) is 0 Å². The zero-order chi connectivity index (χ0) is 23.5. The van der Waals surface area contributed by atoms with E-state index in [0.717, 1.165) is 0 Å². The molecule has 4 N–H and O–H groups in total. The minimum atomic E-state index is -1.86. The van der Waals surface area contributed by atoms with Gasteiger partial charge in [-0.2, -0.15) is 0 Å². The molecule has 4 aromatic carbocycles. The van der Waals surface area contributed by atoms with Crippen LogP contribution in [0.15, 0.2) is 48.3 Å². The SMILES string of the molecule is [2H]c1c([2H])c2c([2H])c([2H])c3c([2H])c4c(c5c([2H])c([2H])c(c1[2H])c2c35)[C@H](O)[C@@H](O)[C@@H](O)[C@@H]4O. The fourth-order valence-electron chi connectivity index (χ4n) is 3.48. The first kappa shape index (κ1) is 8.23. The summed E-state index contributed by atoms with van der Waals surface area (Å²) >= 11 is 0. The van der Waals surface area contributed by atoms with Crippen LogP contribution in [0.5, 0.6) is 0 Å². The Hall–Kier alpha value is -2.24. The van der Waals surface area contributed by atoms with Gasteiger partial charge in [0.25, 0.3) is 0 Å². The molecule has 4 atom stereocenters. The van der Waals surface area contributed by atoms with Crippen LogP contribution in [0.2, 0.25) is 0 Å². The van der Waals surface area contributed by atoms with Crippen LogP contribution >= 0.6 is 0 Å². The first-order valence-corrected chi connectivity index (χ1v) is 7.36. The monoisotopic (exact) mass is 328 g/mol. The molecular weight excluding hydrogens is 304 g/mol. The van der Waals surface area contributed by atoms with Crippen LogP contribution in [0.3, 0.4) is 0 Å². The lowest BCUT2D eigenvalue weighted by atomic mass is 9.78. The van der Waals surface area contributed by atoms with E-state index in [4.69, 9.17) is 11.0 Å². The smallest absolute Gasteiger partial charge is 0.113 e. The molecule has 0 saturated carbocycles. The lowest BCUT2D eigenvalue weighted by molar-refractivity contribution is -0.119. The highest BCUT2D eigenvalue weighted by Crippen LogP contribution is 2.45. The summed E-state index contributed by atoms with van der Waals surface area (Å²) in [4.78, 5) is 0. The van der Waals surface area contributed by atoms with Crippen molar-refractivity contribution in [2.45, 2.75) is 24.4 Å². The molecule has 24 heavy (non-hydrogen) atoms. The molecular formula is C20H16O4. The second-order valence-electron chi connectivity index (χ2n) is 5.95. The minimum Gasteiger partial charge on any atom is -0.387 e. The van der Waals surface area contributed by atoms with Gasteiger partial charge in [-0.1, -0.05) is 42.3 Å². The van der Waals surface area contributed by atoms with Gasteiger partial charge in [-0.15, -0.1) is 0 Å². The molecule has 1 aliphatic carbocycles. The van der Waals surface area contributed by atoms with E-state index in [9.17, 15) is 20.4 Å². The van der Waals surface area contributed by atoms with Gasteiger partial charge in [0, 0.05) is 0 Å². The van der Waals surface area contributed by atoms with Crippen LogP contribution in [-0.4, -0.2) is 32.6 Å². The van der Waals surface area contributed by atoms with Gasteiger partial charge in [0.2, 0.25) is 0 Å². The number of fused-ring (bicyclic) bond motifs is 2. The Labute approximate surface area is 148 Å². The molecule has 0 heterocycles. The molecule has 4 heteroatoms. The Morgan fingerprint density at radius 2 is 1.33 bits per heavy atom. The first-order chi connectivity index (χ1) is 14.9. The Morgan fingerprint density at radius 3 is 2.08 bits per heavy atom. The molecule has 0 fully saturated rings. The van der Waals surface area contributed by atoms with Crippen molar-refractivity contribution >= 4 is 32.3 Å². The summed E-state index contributed by atoms with van der Waals surface area (Å²) < 4.78 is 67.2. The highest BCUT2D eigenvalue weighted by molar-refractivity contribution is 6.23. The zero-order valence-electron chi connectivity index (χ0n) is 20.1. The first-order valence-electron chi connectivity index (χ1n) is 11.4. The van der Waals surface area contributed by atoms with Crippen molar-refractivity contribution in [3.05, 3.63) is 59.5 Å². The molecule has 0 amide bonds. The Kier molecular flexibility index (Phi) is 1.59. The normalized spacial score (nSPS) is 31.8. The van der Waals surface area contributed by atoms with Gasteiger partial charge < -0.3 is 20.4 Å². The molecule has 120 valence electrons. The molecule has 0 unspecified atom stereocenters. The van der Waals surface area contributed by atoms with Crippen molar-refractivity contribution in [3.8, 4) is 0 Å². The summed E-state index contributed by atoms with van der Waals surface area (Å²) in [6.45, 7) is 0. The molecule has 0 aromatic heterocycles. The maximum atomic E-state index is 10.7. The third kappa shape index (κ3) is 1.61. The predicted octanol–water partition coefficient (Wildman–Crippen LogP) is 2.39. The number of benzene rings is 4. The van der Waals surface area contributed by atoms with Crippen LogP contribution in [0.25, 0.3) is 32.3 Å². The van der Waals surface area contributed by atoms with Crippen LogP contribution in [-0.2, 0) is 0 Å². The topological polar surface area (TPSA) is 80.9 Å². The van der Waals surface area contributed by atoms with Gasteiger partial charge in [0.1, 0.15) is 24.4 Å². The molecule has 1 aliphatic rings. The van der Waals surface area contributed by atoms with Gasteiger partial charge in [-0.3, -0.25) is 0 Å². The maximum Gasteiger partial charge on any atom is 0.113 e. The average molecular weight is 328 g/mol. The van der Waals surface area contributed by atoms with E-state index in [-0.39, 0.29) is 43.4 Å². The van der Waals surface area contributed by atoms with E-state index in [1.165, 1.54) is 0 Å².